The highest BCUT2D eigenvalue weighted by Gasteiger charge is 2.35. The number of ether oxygens (including phenoxy) is 3. The molecule has 1 aliphatic heterocycles. The van der Waals surface area contributed by atoms with Crippen LogP contribution in [0.2, 0.25) is 0 Å². The van der Waals surface area contributed by atoms with Crippen molar-refractivity contribution in [2.45, 2.75) is 84.8 Å². The van der Waals surface area contributed by atoms with Crippen LogP contribution in [0.1, 0.15) is 78.7 Å². The van der Waals surface area contributed by atoms with Crippen LogP contribution in [0.15, 0.2) is 36.0 Å². The summed E-state index contributed by atoms with van der Waals surface area (Å²) in [5.41, 5.74) is 4.04. The van der Waals surface area contributed by atoms with Crippen molar-refractivity contribution in [1.29, 1.82) is 0 Å². The third kappa shape index (κ3) is 7.08. The first kappa shape index (κ1) is 25.4. The van der Waals surface area contributed by atoms with E-state index in [-0.39, 0.29) is 17.7 Å². The Morgan fingerprint density at radius 2 is 1.74 bits per heavy atom. The summed E-state index contributed by atoms with van der Waals surface area (Å²) < 4.78 is 16.5. The number of hydrogen-bond donors (Lipinski definition) is 0. The van der Waals surface area contributed by atoms with Gasteiger partial charge in [0, 0.05) is 49.9 Å². The molecule has 1 aromatic carbocycles. The molecule has 0 aromatic heterocycles. The number of para-hydroxylation sites is 1. The van der Waals surface area contributed by atoms with Crippen LogP contribution in [0.25, 0.3) is 0 Å². The highest BCUT2D eigenvalue weighted by atomic mass is 16.7. The number of nitrogens with zero attached hydrogens (tertiary/aromatic N) is 1. The maximum Gasteiger partial charge on any atom is 0.305 e. The van der Waals surface area contributed by atoms with Crippen molar-refractivity contribution in [3.63, 3.8) is 0 Å². The van der Waals surface area contributed by atoms with Crippen LogP contribution in [-0.2, 0) is 24.4 Å². The number of anilines is 1. The molecule has 5 heteroatoms. The lowest BCUT2D eigenvalue weighted by Crippen LogP contribution is -2.35. The first-order valence-electron chi connectivity index (χ1n) is 11.9. The molecule has 0 saturated carbocycles. The first-order chi connectivity index (χ1) is 15.0. The lowest BCUT2D eigenvalue weighted by molar-refractivity contribution is -0.143. The Morgan fingerprint density at radius 3 is 2.42 bits per heavy atom. The van der Waals surface area contributed by atoms with Crippen LogP contribution < -0.4 is 4.90 Å². The zero-order chi connectivity index (χ0) is 22.7. The Kier molecular flexibility index (Phi) is 10.6. The fraction of sp³-hybridized carbons (Fsp3) is 0.654. The van der Waals surface area contributed by atoms with E-state index < -0.39 is 0 Å². The van der Waals surface area contributed by atoms with E-state index in [4.69, 9.17) is 14.2 Å². The molecule has 1 aliphatic rings. The average molecular weight is 432 g/mol. The van der Waals surface area contributed by atoms with Gasteiger partial charge in [-0.3, -0.25) is 4.79 Å². The summed E-state index contributed by atoms with van der Waals surface area (Å²) in [6, 6.07) is 8.73. The van der Waals surface area contributed by atoms with E-state index in [1.165, 1.54) is 16.8 Å². The van der Waals surface area contributed by atoms with Crippen molar-refractivity contribution in [2.24, 2.45) is 0 Å². The van der Waals surface area contributed by atoms with Gasteiger partial charge < -0.3 is 19.1 Å². The highest BCUT2D eigenvalue weighted by molar-refractivity contribution is 5.69. The molecule has 0 saturated heterocycles. The van der Waals surface area contributed by atoms with E-state index in [0.29, 0.717) is 26.2 Å². The summed E-state index contributed by atoms with van der Waals surface area (Å²) in [5, 5.41) is 0. The summed E-state index contributed by atoms with van der Waals surface area (Å²) >= 11 is 0. The van der Waals surface area contributed by atoms with Crippen LogP contribution in [0.5, 0.6) is 0 Å². The van der Waals surface area contributed by atoms with Crippen molar-refractivity contribution in [3.05, 3.63) is 41.6 Å². The van der Waals surface area contributed by atoms with Crippen molar-refractivity contribution in [1.82, 2.24) is 0 Å². The molecule has 2 rings (SSSR count). The Bertz CT molecular complexity index is 711. The van der Waals surface area contributed by atoms with Crippen molar-refractivity contribution in [3.8, 4) is 0 Å². The molecule has 0 aliphatic carbocycles. The molecule has 1 unspecified atom stereocenters. The number of unbranched alkanes of at least 4 members (excludes halogenated alkanes) is 2. The molecular weight excluding hydrogens is 390 g/mol. The largest absolute Gasteiger partial charge is 0.466 e. The van der Waals surface area contributed by atoms with Gasteiger partial charge in [0.1, 0.15) is 0 Å². The molecule has 1 aromatic rings. The van der Waals surface area contributed by atoms with Crippen molar-refractivity contribution < 1.29 is 19.0 Å². The molecule has 0 amide bonds. The molecule has 31 heavy (non-hydrogen) atoms. The van der Waals surface area contributed by atoms with Crippen LogP contribution in [0.3, 0.4) is 0 Å². The monoisotopic (exact) mass is 431 g/mol. The molecule has 0 N–H and O–H groups in total. The van der Waals surface area contributed by atoms with E-state index in [9.17, 15) is 4.79 Å². The summed E-state index contributed by atoms with van der Waals surface area (Å²) in [6.45, 7) is 13.1. The predicted octanol–water partition coefficient (Wildman–Crippen LogP) is 5.97. The zero-order valence-corrected chi connectivity index (χ0v) is 20.1. The number of carbonyl (C=O) groups excluding carboxylic acids is 1. The minimum absolute atomic E-state index is 0.0102. The Hall–Kier alpha value is -1.85. The maximum atomic E-state index is 11.6. The Balaban J connectivity index is 2.03. The minimum Gasteiger partial charge on any atom is -0.466 e. The molecule has 5 nitrogen and oxygen atoms in total. The summed E-state index contributed by atoms with van der Waals surface area (Å²) in [4.78, 5) is 13.9. The van der Waals surface area contributed by atoms with Crippen molar-refractivity contribution in [2.75, 3.05) is 31.3 Å². The van der Waals surface area contributed by atoms with Gasteiger partial charge in [-0.05, 0) is 57.7 Å². The molecule has 1 heterocycles. The summed E-state index contributed by atoms with van der Waals surface area (Å²) in [5.74, 6) is -0.0825. The number of rotatable bonds is 14. The van der Waals surface area contributed by atoms with Gasteiger partial charge in [0.2, 0.25) is 0 Å². The second-order valence-electron chi connectivity index (χ2n) is 8.35. The number of hydrogen-bond acceptors (Lipinski definition) is 5. The molecule has 0 spiro atoms. The normalized spacial score (nSPS) is 18.1. The zero-order valence-electron chi connectivity index (χ0n) is 20.1. The SMILES string of the molecule is CCOC(=O)CCCCCC1(C)C(C)=CN(CCC(OCC)OCC)c2ccccc21. The van der Waals surface area contributed by atoms with E-state index in [1.54, 1.807) is 0 Å². The second-order valence-corrected chi connectivity index (χ2v) is 8.35. The van der Waals surface area contributed by atoms with Crippen molar-refractivity contribution >= 4 is 11.7 Å². The third-order valence-corrected chi connectivity index (χ3v) is 6.20. The lowest BCUT2D eigenvalue weighted by Gasteiger charge is -2.41. The molecule has 0 radical (unpaired) electrons. The third-order valence-electron chi connectivity index (χ3n) is 6.20. The topological polar surface area (TPSA) is 48.0 Å². The summed E-state index contributed by atoms with van der Waals surface area (Å²) in [6.07, 6.45) is 7.57. The molecular formula is C26H41NO4. The fourth-order valence-electron chi connectivity index (χ4n) is 4.35. The maximum absolute atomic E-state index is 11.6. The number of benzene rings is 1. The van der Waals surface area contributed by atoms with E-state index in [2.05, 4.69) is 49.2 Å². The fourth-order valence-corrected chi connectivity index (χ4v) is 4.35. The smallest absolute Gasteiger partial charge is 0.305 e. The van der Waals surface area contributed by atoms with E-state index in [0.717, 1.165) is 38.6 Å². The van der Waals surface area contributed by atoms with E-state index in [1.807, 2.05) is 20.8 Å². The van der Waals surface area contributed by atoms with Gasteiger partial charge in [-0.15, -0.1) is 0 Å². The Labute approximate surface area is 188 Å². The minimum atomic E-state index is -0.163. The van der Waals surface area contributed by atoms with Crippen LogP contribution in [0.4, 0.5) is 5.69 Å². The summed E-state index contributed by atoms with van der Waals surface area (Å²) in [7, 11) is 0. The van der Waals surface area contributed by atoms with Crippen LogP contribution >= 0.6 is 0 Å². The number of fused-ring (bicyclic) bond motifs is 1. The van der Waals surface area contributed by atoms with Gasteiger partial charge in [0.25, 0.3) is 0 Å². The Morgan fingerprint density at radius 1 is 1.03 bits per heavy atom. The quantitative estimate of drug-likeness (QED) is 0.206. The molecule has 0 bridgehead atoms. The van der Waals surface area contributed by atoms with Gasteiger partial charge in [0.05, 0.1) is 6.61 Å². The lowest BCUT2D eigenvalue weighted by atomic mass is 9.70. The van der Waals surface area contributed by atoms with Gasteiger partial charge in [0.15, 0.2) is 6.29 Å². The van der Waals surface area contributed by atoms with Crippen LogP contribution in [0, 0.1) is 0 Å². The van der Waals surface area contributed by atoms with Gasteiger partial charge >= 0.3 is 5.97 Å². The van der Waals surface area contributed by atoms with E-state index >= 15 is 0 Å². The highest BCUT2D eigenvalue weighted by Crippen LogP contribution is 2.45. The number of esters is 1. The first-order valence-corrected chi connectivity index (χ1v) is 11.9. The number of carbonyl (C=O) groups is 1. The number of allylic oxidation sites excluding steroid dienone is 1. The van der Waals surface area contributed by atoms with Crippen LogP contribution in [-0.4, -0.2) is 38.6 Å². The second kappa shape index (κ2) is 12.9. The van der Waals surface area contributed by atoms with Gasteiger partial charge in [-0.25, -0.2) is 0 Å². The predicted molar refractivity (Wildman–Crippen MR) is 126 cm³/mol. The molecule has 1 atom stereocenters. The average Bonchev–Trinajstić information content (AvgIpc) is 2.75. The molecule has 174 valence electrons. The van der Waals surface area contributed by atoms with Gasteiger partial charge in [-0.1, -0.05) is 38.0 Å². The van der Waals surface area contributed by atoms with Gasteiger partial charge in [-0.2, -0.15) is 0 Å². The standard InChI is InChI=1S/C26H41NO4/c1-6-29-24(28)16-10-9-13-18-26(5)21(4)20-27(23-15-12-11-14-22(23)26)19-17-25(30-7-2)31-8-3/h11-12,14-15,20,25H,6-10,13,16-19H2,1-5H3. The molecule has 0 fully saturated rings.